The van der Waals surface area contributed by atoms with E-state index in [4.69, 9.17) is 5.21 Å². The summed E-state index contributed by atoms with van der Waals surface area (Å²) in [6.45, 7) is 12.5. The Balaban J connectivity index is 3.57. The molecule has 18 heavy (non-hydrogen) atoms. The van der Waals surface area contributed by atoms with Crippen molar-refractivity contribution in [1.29, 1.82) is 0 Å². The standard InChI is InChI=1S/C15H23NO2/c1-14(2,3)11-7-10(9-16-18)13(17)12(8-11)15(4,5)6/h7-9,17-18H,1-6H3. The molecule has 3 heteroatoms. The smallest absolute Gasteiger partial charge is 0.128 e. The van der Waals surface area contributed by atoms with Crippen molar-refractivity contribution in [2.45, 2.75) is 52.4 Å². The summed E-state index contributed by atoms with van der Waals surface area (Å²) in [4.78, 5) is 0. The fourth-order valence-electron chi connectivity index (χ4n) is 1.82. The van der Waals surface area contributed by atoms with Crippen molar-refractivity contribution in [1.82, 2.24) is 0 Å². The minimum absolute atomic E-state index is 0.0221. The minimum Gasteiger partial charge on any atom is -0.507 e. The second-order valence-corrected chi connectivity index (χ2v) is 6.71. The third-order valence-electron chi connectivity index (χ3n) is 3.01. The Morgan fingerprint density at radius 3 is 1.94 bits per heavy atom. The summed E-state index contributed by atoms with van der Waals surface area (Å²) in [7, 11) is 0. The lowest BCUT2D eigenvalue weighted by molar-refractivity contribution is 0.321. The van der Waals surface area contributed by atoms with Crippen LogP contribution in [0.1, 0.15) is 58.2 Å². The molecule has 0 atom stereocenters. The molecule has 0 aromatic heterocycles. The average Bonchev–Trinajstić information content (AvgIpc) is 2.17. The van der Waals surface area contributed by atoms with E-state index in [1.807, 2.05) is 32.9 Å². The summed E-state index contributed by atoms with van der Waals surface area (Å²) in [5.41, 5.74) is 2.34. The minimum atomic E-state index is -0.163. The predicted octanol–water partition coefficient (Wildman–Crippen LogP) is 3.80. The molecule has 0 aliphatic heterocycles. The van der Waals surface area contributed by atoms with Gasteiger partial charge in [0.2, 0.25) is 0 Å². The van der Waals surface area contributed by atoms with E-state index in [9.17, 15) is 5.11 Å². The summed E-state index contributed by atoms with van der Waals surface area (Å²) in [5, 5.41) is 22.0. The van der Waals surface area contributed by atoms with Crippen molar-refractivity contribution in [3.05, 3.63) is 28.8 Å². The molecule has 0 saturated carbocycles. The summed E-state index contributed by atoms with van der Waals surface area (Å²) in [6.07, 6.45) is 1.28. The van der Waals surface area contributed by atoms with Crippen LogP contribution in [0, 0.1) is 0 Å². The van der Waals surface area contributed by atoms with Crippen molar-refractivity contribution < 1.29 is 10.3 Å². The highest BCUT2D eigenvalue weighted by molar-refractivity contribution is 5.84. The zero-order valence-corrected chi connectivity index (χ0v) is 12.1. The van der Waals surface area contributed by atoms with Crippen molar-refractivity contribution in [2.75, 3.05) is 0 Å². The van der Waals surface area contributed by atoms with Crippen LogP contribution in [0.15, 0.2) is 17.3 Å². The molecule has 0 bridgehead atoms. The number of nitrogens with zero attached hydrogens (tertiary/aromatic N) is 1. The van der Waals surface area contributed by atoms with Gasteiger partial charge in [-0.25, -0.2) is 0 Å². The van der Waals surface area contributed by atoms with Crippen LogP contribution >= 0.6 is 0 Å². The topological polar surface area (TPSA) is 52.8 Å². The van der Waals surface area contributed by atoms with Gasteiger partial charge in [-0.05, 0) is 22.5 Å². The Hall–Kier alpha value is -1.51. The molecule has 0 heterocycles. The summed E-state index contributed by atoms with van der Waals surface area (Å²) < 4.78 is 0. The quantitative estimate of drug-likeness (QED) is 0.452. The Morgan fingerprint density at radius 2 is 1.56 bits per heavy atom. The first-order valence-corrected chi connectivity index (χ1v) is 6.13. The number of hydrogen-bond donors (Lipinski definition) is 2. The van der Waals surface area contributed by atoms with Crippen molar-refractivity contribution >= 4 is 6.21 Å². The second-order valence-electron chi connectivity index (χ2n) is 6.71. The highest BCUT2D eigenvalue weighted by atomic mass is 16.4. The van der Waals surface area contributed by atoms with Crippen LogP contribution < -0.4 is 0 Å². The lowest BCUT2D eigenvalue weighted by atomic mass is 9.79. The van der Waals surface area contributed by atoms with Gasteiger partial charge in [0.25, 0.3) is 0 Å². The molecule has 1 aromatic rings. The van der Waals surface area contributed by atoms with Gasteiger partial charge in [-0.2, -0.15) is 0 Å². The van der Waals surface area contributed by atoms with Gasteiger partial charge >= 0.3 is 0 Å². The molecular weight excluding hydrogens is 226 g/mol. The summed E-state index contributed by atoms with van der Waals surface area (Å²) in [6, 6.07) is 3.90. The van der Waals surface area contributed by atoms with E-state index in [0.29, 0.717) is 5.56 Å². The molecule has 0 fully saturated rings. The Labute approximate surface area is 109 Å². The van der Waals surface area contributed by atoms with Gasteiger partial charge in [0, 0.05) is 11.1 Å². The van der Waals surface area contributed by atoms with E-state index in [0.717, 1.165) is 11.1 Å². The molecule has 100 valence electrons. The van der Waals surface area contributed by atoms with Gasteiger partial charge in [-0.3, -0.25) is 0 Å². The third-order valence-corrected chi connectivity index (χ3v) is 3.01. The van der Waals surface area contributed by atoms with Gasteiger partial charge < -0.3 is 10.3 Å². The van der Waals surface area contributed by atoms with Gasteiger partial charge in [0.05, 0.1) is 6.21 Å². The number of aromatic hydroxyl groups is 1. The molecule has 0 saturated heterocycles. The number of rotatable bonds is 1. The first-order chi connectivity index (χ1) is 8.07. The number of benzene rings is 1. The fourth-order valence-corrected chi connectivity index (χ4v) is 1.82. The summed E-state index contributed by atoms with van der Waals surface area (Å²) in [5.74, 6) is 0.188. The van der Waals surface area contributed by atoms with Gasteiger partial charge in [-0.15, -0.1) is 0 Å². The van der Waals surface area contributed by atoms with Crippen molar-refractivity contribution in [3.8, 4) is 5.75 Å². The summed E-state index contributed by atoms with van der Waals surface area (Å²) >= 11 is 0. The molecule has 0 amide bonds. The zero-order chi connectivity index (χ0) is 14.1. The first-order valence-electron chi connectivity index (χ1n) is 6.13. The van der Waals surface area contributed by atoms with Crippen molar-refractivity contribution in [2.24, 2.45) is 5.16 Å². The molecule has 0 aliphatic rings. The largest absolute Gasteiger partial charge is 0.507 e. The lowest BCUT2D eigenvalue weighted by Crippen LogP contribution is -2.17. The van der Waals surface area contributed by atoms with E-state index in [1.165, 1.54) is 6.21 Å². The van der Waals surface area contributed by atoms with Crippen LogP contribution in [0.2, 0.25) is 0 Å². The maximum Gasteiger partial charge on any atom is 0.128 e. The lowest BCUT2D eigenvalue weighted by Gasteiger charge is -2.26. The molecule has 1 rings (SSSR count). The fraction of sp³-hybridized carbons (Fsp3) is 0.533. The van der Waals surface area contributed by atoms with Crippen molar-refractivity contribution in [3.63, 3.8) is 0 Å². The monoisotopic (exact) mass is 249 g/mol. The number of phenolic OH excluding ortho intramolecular Hbond substituents is 1. The maximum atomic E-state index is 10.2. The Kier molecular flexibility index (Phi) is 3.75. The predicted molar refractivity (Wildman–Crippen MR) is 74.9 cm³/mol. The molecule has 3 nitrogen and oxygen atoms in total. The number of oxime groups is 1. The normalized spacial score (nSPS) is 13.2. The van der Waals surface area contributed by atoms with E-state index in [1.54, 1.807) is 0 Å². The molecule has 1 aromatic carbocycles. The van der Waals surface area contributed by atoms with E-state index >= 15 is 0 Å². The van der Waals surface area contributed by atoms with Crippen LogP contribution in [-0.4, -0.2) is 16.5 Å². The number of phenols is 1. The van der Waals surface area contributed by atoms with Crippen LogP contribution in [0.3, 0.4) is 0 Å². The third kappa shape index (κ3) is 3.03. The number of hydrogen-bond acceptors (Lipinski definition) is 3. The van der Waals surface area contributed by atoms with Crippen LogP contribution in [-0.2, 0) is 10.8 Å². The Bertz CT molecular complexity index is 463. The van der Waals surface area contributed by atoms with Crippen LogP contribution in [0.4, 0.5) is 0 Å². The van der Waals surface area contributed by atoms with Gasteiger partial charge in [0.15, 0.2) is 0 Å². The molecule has 0 aliphatic carbocycles. The maximum absolute atomic E-state index is 10.2. The van der Waals surface area contributed by atoms with Crippen LogP contribution in [0.25, 0.3) is 0 Å². The molecule has 0 unspecified atom stereocenters. The average molecular weight is 249 g/mol. The van der Waals surface area contributed by atoms with Crippen LogP contribution in [0.5, 0.6) is 5.75 Å². The molecule has 2 N–H and O–H groups in total. The highest BCUT2D eigenvalue weighted by Gasteiger charge is 2.24. The van der Waals surface area contributed by atoms with E-state index in [-0.39, 0.29) is 16.6 Å². The van der Waals surface area contributed by atoms with Gasteiger partial charge in [0.1, 0.15) is 5.75 Å². The van der Waals surface area contributed by atoms with E-state index in [2.05, 4.69) is 25.9 Å². The van der Waals surface area contributed by atoms with E-state index < -0.39 is 0 Å². The zero-order valence-electron chi connectivity index (χ0n) is 12.1. The molecular formula is C15H23NO2. The molecule has 0 spiro atoms. The Morgan fingerprint density at radius 1 is 1.00 bits per heavy atom. The highest BCUT2D eigenvalue weighted by Crippen LogP contribution is 2.36. The molecule has 0 radical (unpaired) electrons. The SMILES string of the molecule is CC(C)(C)c1cc(C=NO)c(O)c(C(C)(C)C)c1. The van der Waals surface area contributed by atoms with Gasteiger partial charge in [-0.1, -0.05) is 52.8 Å². The second kappa shape index (κ2) is 4.63. The first kappa shape index (κ1) is 14.6.